The van der Waals surface area contributed by atoms with Gasteiger partial charge in [0, 0.05) is 29.2 Å². The summed E-state index contributed by atoms with van der Waals surface area (Å²) in [5.74, 6) is 0. The Kier molecular flexibility index (Phi) is 5.67. The van der Waals surface area contributed by atoms with Gasteiger partial charge in [0.05, 0.1) is 0 Å². The monoisotopic (exact) mass is 404 g/mol. The molecule has 0 radical (unpaired) electrons. The Labute approximate surface area is 186 Å². The average Bonchev–Trinajstić information content (AvgIpc) is 2.85. The minimum Gasteiger partial charge on any atom is -0.191 e. The zero-order valence-corrected chi connectivity index (χ0v) is 18.4. The summed E-state index contributed by atoms with van der Waals surface area (Å²) < 4.78 is 2.62. The van der Waals surface area contributed by atoms with Gasteiger partial charge in [-0.25, -0.2) is 0 Å². The fourth-order valence-electron chi connectivity index (χ4n) is 4.98. The van der Waals surface area contributed by atoms with Gasteiger partial charge in [0.2, 0.25) is 11.4 Å². The van der Waals surface area contributed by atoms with Gasteiger partial charge in [-0.1, -0.05) is 80.1 Å². The van der Waals surface area contributed by atoms with Crippen LogP contribution in [-0.4, -0.2) is 0 Å². The highest BCUT2D eigenvalue weighted by atomic mass is 15.0. The summed E-state index contributed by atoms with van der Waals surface area (Å²) in [7, 11) is 0. The predicted octanol–water partition coefficient (Wildman–Crippen LogP) is 7.26. The molecule has 0 fully saturated rings. The Morgan fingerprint density at radius 2 is 1.35 bits per heavy atom. The second kappa shape index (κ2) is 8.89. The van der Waals surface area contributed by atoms with Crippen molar-refractivity contribution in [2.45, 2.75) is 45.6 Å². The number of benzene rings is 3. The van der Waals surface area contributed by atoms with Crippen molar-refractivity contribution in [3.8, 4) is 33.6 Å². The van der Waals surface area contributed by atoms with Crippen molar-refractivity contribution in [2.75, 3.05) is 0 Å². The number of pyridine rings is 1. The minimum atomic E-state index is 1.06. The number of fused-ring (bicyclic) bond motifs is 3. The number of aromatic nitrogens is 1. The number of hydrogen-bond acceptors (Lipinski definition) is 0. The van der Waals surface area contributed by atoms with Crippen molar-refractivity contribution in [2.24, 2.45) is 0 Å². The van der Waals surface area contributed by atoms with E-state index in [1.165, 1.54) is 64.0 Å². The Morgan fingerprint density at radius 1 is 0.677 bits per heavy atom. The van der Waals surface area contributed by atoms with E-state index in [1.54, 1.807) is 0 Å². The lowest BCUT2D eigenvalue weighted by molar-refractivity contribution is -0.676. The van der Waals surface area contributed by atoms with E-state index in [0.29, 0.717) is 0 Å². The first-order valence-corrected chi connectivity index (χ1v) is 11.7. The summed E-state index contributed by atoms with van der Waals surface area (Å²) in [6, 6.07) is 33.3. The van der Waals surface area contributed by atoms with Crippen molar-refractivity contribution < 1.29 is 4.57 Å². The maximum absolute atomic E-state index is 2.62. The van der Waals surface area contributed by atoms with Crippen molar-refractivity contribution in [1.82, 2.24) is 0 Å². The smallest absolute Gasteiger partial charge is 0.191 e. The predicted molar refractivity (Wildman–Crippen MR) is 130 cm³/mol. The van der Waals surface area contributed by atoms with Gasteiger partial charge in [-0.15, -0.1) is 0 Å². The van der Waals surface area contributed by atoms with Crippen LogP contribution in [0, 0.1) is 0 Å². The first-order valence-electron chi connectivity index (χ1n) is 11.7. The van der Waals surface area contributed by atoms with E-state index < -0.39 is 0 Å². The molecule has 0 aliphatic heterocycles. The molecule has 0 amide bonds. The van der Waals surface area contributed by atoms with Crippen molar-refractivity contribution in [1.29, 1.82) is 0 Å². The third kappa shape index (κ3) is 3.81. The molecule has 1 aliphatic carbocycles. The summed E-state index contributed by atoms with van der Waals surface area (Å²) in [5, 5.41) is 0. The molecule has 0 saturated carbocycles. The van der Waals surface area contributed by atoms with Crippen LogP contribution in [0.15, 0.2) is 91.0 Å². The largest absolute Gasteiger partial charge is 0.217 e. The molecule has 4 aromatic rings. The molecule has 1 heteroatoms. The van der Waals surface area contributed by atoms with Gasteiger partial charge in [-0.2, -0.15) is 4.57 Å². The van der Waals surface area contributed by atoms with Crippen molar-refractivity contribution in [3.05, 3.63) is 102 Å². The van der Waals surface area contributed by atoms with Crippen LogP contribution in [0.25, 0.3) is 33.6 Å². The zero-order chi connectivity index (χ0) is 21.0. The first-order chi connectivity index (χ1) is 15.4. The van der Waals surface area contributed by atoms with Crippen LogP contribution in [-0.2, 0) is 19.4 Å². The third-order valence-corrected chi connectivity index (χ3v) is 6.51. The fourth-order valence-corrected chi connectivity index (χ4v) is 4.98. The van der Waals surface area contributed by atoms with Crippen LogP contribution in [0.4, 0.5) is 0 Å². The summed E-state index contributed by atoms with van der Waals surface area (Å²) in [5.41, 5.74) is 11.1. The molecular weight excluding hydrogens is 374 g/mol. The van der Waals surface area contributed by atoms with Crippen LogP contribution in [0.3, 0.4) is 0 Å². The Balaban J connectivity index is 1.82. The third-order valence-electron chi connectivity index (χ3n) is 6.51. The molecule has 3 aromatic carbocycles. The fraction of sp³-hybridized carbons (Fsp3) is 0.233. The van der Waals surface area contributed by atoms with Gasteiger partial charge < -0.3 is 0 Å². The van der Waals surface area contributed by atoms with Crippen molar-refractivity contribution >= 4 is 0 Å². The molecule has 1 aromatic heterocycles. The van der Waals surface area contributed by atoms with Gasteiger partial charge in [0.1, 0.15) is 6.54 Å². The Hall–Kier alpha value is -3.19. The molecular formula is C30H30N+. The van der Waals surface area contributed by atoms with E-state index in [0.717, 1.165) is 19.4 Å². The van der Waals surface area contributed by atoms with Crippen LogP contribution in [0.1, 0.15) is 37.3 Å². The van der Waals surface area contributed by atoms with Gasteiger partial charge in [0.15, 0.2) is 0 Å². The summed E-state index contributed by atoms with van der Waals surface area (Å²) >= 11 is 0. The SMILES string of the molecule is CCCCC[n+]1c(-c2ccccc2)cc(-c2ccccc2)c2c1-c1ccccc1CC2. The normalized spacial score (nSPS) is 12.3. The van der Waals surface area contributed by atoms with Gasteiger partial charge in [0.25, 0.3) is 0 Å². The molecule has 154 valence electrons. The van der Waals surface area contributed by atoms with E-state index >= 15 is 0 Å². The molecule has 31 heavy (non-hydrogen) atoms. The van der Waals surface area contributed by atoms with E-state index in [-0.39, 0.29) is 0 Å². The quantitative estimate of drug-likeness (QED) is 0.235. The molecule has 1 heterocycles. The van der Waals surface area contributed by atoms with E-state index in [1.807, 2.05) is 0 Å². The minimum absolute atomic E-state index is 1.06. The topological polar surface area (TPSA) is 3.88 Å². The highest BCUT2D eigenvalue weighted by molar-refractivity contribution is 5.80. The summed E-state index contributed by atoms with van der Waals surface area (Å²) in [4.78, 5) is 0. The van der Waals surface area contributed by atoms with Gasteiger partial charge >= 0.3 is 0 Å². The van der Waals surface area contributed by atoms with Crippen LogP contribution in [0.5, 0.6) is 0 Å². The molecule has 0 bridgehead atoms. The second-order valence-corrected chi connectivity index (χ2v) is 8.52. The molecule has 0 unspecified atom stereocenters. The molecule has 0 saturated heterocycles. The van der Waals surface area contributed by atoms with E-state index in [2.05, 4.69) is 102 Å². The molecule has 0 N–H and O–H groups in total. The maximum Gasteiger partial charge on any atom is 0.217 e. The number of aryl methyl sites for hydroxylation is 1. The number of hydrogen-bond donors (Lipinski definition) is 0. The Morgan fingerprint density at radius 3 is 2.10 bits per heavy atom. The molecule has 1 nitrogen and oxygen atoms in total. The lowest BCUT2D eigenvalue weighted by atomic mass is 9.83. The first kappa shape index (κ1) is 19.8. The van der Waals surface area contributed by atoms with E-state index in [4.69, 9.17) is 0 Å². The highest BCUT2D eigenvalue weighted by Gasteiger charge is 2.31. The molecule has 0 spiro atoms. The number of unbranched alkanes of at least 4 members (excludes halogenated alkanes) is 2. The van der Waals surface area contributed by atoms with Crippen LogP contribution < -0.4 is 4.57 Å². The second-order valence-electron chi connectivity index (χ2n) is 8.52. The zero-order valence-electron chi connectivity index (χ0n) is 18.4. The molecule has 1 aliphatic rings. The van der Waals surface area contributed by atoms with Gasteiger partial charge in [-0.05, 0) is 54.2 Å². The average molecular weight is 405 g/mol. The molecule has 0 atom stereocenters. The van der Waals surface area contributed by atoms with Crippen molar-refractivity contribution in [3.63, 3.8) is 0 Å². The lowest BCUT2D eigenvalue weighted by Gasteiger charge is -2.23. The Bertz CT molecular complexity index is 1180. The highest BCUT2D eigenvalue weighted by Crippen LogP contribution is 2.39. The van der Waals surface area contributed by atoms with Gasteiger partial charge in [-0.3, -0.25) is 0 Å². The number of rotatable bonds is 6. The lowest BCUT2D eigenvalue weighted by Crippen LogP contribution is -2.41. The number of nitrogens with zero attached hydrogens (tertiary/aromatic N) is 1. The van der Waals surface area contributed by atoms with Crippen LogP contribution in [0.2, 0.25) is 0 Å². The summed E-state index contributed by atoms with van der Waals surface area (Å²) in [6.07, 6.45) is 5.92. The van der Waals surface area contributed by atoms with Crippen LogP contribution >= 0.6 is 0 Å². The maximum atomic E-state index is 2.62. The summed E-state index contributed by atoms with van der Waals surface area (Å²) in [6.45, 7) is 3.34. The van der Waals surface area contributed by atoms with E-state index in [9.17, 15) is 0 Å². The standard InChI is InChI=1S/C30H30N/c1-2-3-12-21-31-29(25-16-8-5-9-17-25)22-28(23-13-6-4-7-14-23)27-20-19-24-15-10-11-18-26(24)30(27)31/h4-11,13-18,22H,2-3,12,19-21H2,1H3/q+1. The molecule has 5 rings (SSSR count).